The number of aliphatic hydroxyl groups is 1. The number of nitrogens with zero attached hydrogens (tertiary/aromatic N) is 1. The lowest BCUT2D eigenvalue weighted by Gasteiger charge is -2.31. The standard InChI is InChI=1S/C21H24FN3O3/c1-11-9-12(2)20(27)14(10-11)17-16-18(24-23-17)21(28)25(7-8-26)19(16)13-5-3-4-6-15(13)22/h3-6,9-10,16-19,23-24,26-27H,7-8H2,1-2H3. The molecule has 2 fully saturated rings. The van der Waals surface area contributed by atoms with E-state index in [4.69, 9.17) is 0 Å². The van der Waals surface area contributed by atoms with Gasteiger partial charge in [-0.15, -0.1) is 0 Å². The van der Waals surface area contributed by atoms with Gasteiger partial charge < -0.3 is 15.1 Å². The smallest absolute Gasteiger partial charge is 0.242 e. The molecule has 2 heterocycles. The first kappa shape index (κ1) is 18.9. The molecular weight excluding hydrogens is 361 g/mol. The number of nitrogens with one attached hydrogen (secondary N) is 2. The number of hydrogen-bond donors (Lipinski definition) is 4. The molecule has 148 valence electrons. The normalized spacial score (nSPS) is 26.7. The minimum atomic E-state index is -0.568. The van der Waals surface area contributed by atoms with Crippen LogP contribution in [-0.2, 0) is 4.79 Å². The van der Waals surface area contributed by atoms with E-state index in [-0.39, 0.29) is 42.6 Å². The second-order valence-corrected chi connectivity index (χ2v) is 7.56. The second-order valence-electron chi connectivity index (χ2n) is 7.56. The molecule has 6 nitrogen and oxygen atoms in total. The van der Waals surface area contributed by atoms with Crippen molar-refractivity contribution in [2.45, 2.75) is 32.0 Å². The Morgan fingerprint density at radius 2 is 1.82 bits per heavy atom. The molecule has 2 aromatic carbocycles. The first-order chi connectivity index (χ1) is 13.4. The maximum atomic E-state index is 14.7. The van der Waals surface area contributed by atoms with Crippen LogP contribution < -0.4 is 10.9 Å². The van der Waals surface area contributed by atoms with E-state index in [0.29, 0.717) is 11.1 Å². The van der Waals surface area contributed by atoms with Gasteiger partial charge in [-0.05, 0) is 25.5 Å². The monoisotopic (exact) mass is 385 g/mol. The number of phenols is 1. The molecule has 4 atom stereocenters. The quantitative estimate of drug-likeness (QED) is 0.646. The second kappa shape index (κ2) is 7.16. The molecule has 0 aliphatic carbocycles. The van der Waals surface area contributed by atoms with Crippen molar-refractivity contribution in [3.63, 3.8) is 0 Å². The molecule has 0 saturated carbocycles. The van der Waals surface area contributed by atoms with Crippen molar-refractivity contribution in [2.75, 3.05) is 13.2 Å². The van der Waals surface area contributed by atoms with Crippen molar-refractivity contribution in [1.29, 1.82) is 0 Å². The molecule has 4 N–H and O–H groups in total. The van der Waals surface area contributed by atoms with Gasteiger partial charge in [0.05, 0.1) is 18.7 Å². The maximum Gasteiger partial charge on any atom is 0.242 e. The van der Waals surface area contributed by atoms with E-state index in [1.165, 1.54) is 11.0 Å². The molecule has 0 radical (unpaired) electrons. The van der Waals surface area contributed by atoms with Gasteiger partial charge in [0.2, 0.25) is 5.91 Å². The Hall–Kier alpha value is -2.48. The van der Waals surface area contributed by atoms with Gasteiger partial charge in [-0.25, -0.2) is 15.2 Å². The molecule has 4 rings (SSSR count). The van der Waals surface area contributed by atoms with Crippen LogP contribution in [0, 0.1) is 25.6 Å². The molecule has 4 unspecified atom stereocenters. The predicted molar refractivity (Wildman–Crippen MR) is 102 cm³/mol. The molecule has 2 aromatic rings. The van der Waals surface area contributed by atoms with E-state index in [2.05, 4.69) is 10.9 Å². The summed E-state index contributed by atoms with van der Waals surface area (Å²) in [5.41, 5.74) is 9.01. The third-order valence-electron chi connectivity index (χ3n) is 5.79. The van der Waals surface area contributed by atoms with Crippen molar-refractivity contribution in [3.05, 3.63) is 64.5 Å². The van der Waals surface area contributed by atoms with Crippen LogP contribution in [0.15, 0.2) is 36.4 Å². The SMILES string of the molecule is Cc1cc(C)c(O)c(C2NNC3C(=O)N(CCO)C(c4ccccc4F)C32)c1. The number of benzene rings is 2. The van der Waals surface area contributed by atoms with Gasteiger partial charge in [-0.1, -0.05) is 35.9 Å². The molecule has 2 aliphatic rings. The van der Waals surface area contributed by atoms with Gasteiger partial charge in [0, 0.05) is 23.6 Å². The summed E-state index contributed by atoms with van der Waals surface area (Å²) in [4.78, 5) is 14.5. The van der Waals surface area contributed by atoms with E-state index in [1.54, 1.807) is 18.2 Å². The minimum absolute atomic E-state index is 0.123. The lowest BCUT2D eigenvalue weighted by atomic mass is 9.82. The average molecular weight is 385 g/mol. The van der Waals surface area contributed by atoms with Crippen LogP contribution in [0.5, 0.6) is 5.75 Å². The Morgan fingerprint density at radius 1 is 1.11 bits per heavy atom. The molecular formula is C21H24FN3O3. The molecule has 0 bridgehead atoms. The number of aliphatic hydroxyl groups excluding tert-OH is 1. The van der Waals surface area contributed by atoms with Gasteiger partial charge in [0.15, 0.2) is 0 Å². The van der Waals surface area contributed by atoms with E-state index in [9.17, 15) is 19.4 Å². The Labute approximate surface area is 163 Å². The summed E-state index contributed by atoms with van der Waals surface area (Å²) in [5.74, 6) is -0.751. The number of aromatic hydroxyl groups is 1. The lowest BCUT2D eigenvalue weighted by molar-refractivity contribution is -0.131. The van der Waals surface area contributed by atoms with Crippen molar-refractivity contribution in [3.8, 4) is 5.75 Å². The van der Waals surface area contributed by atoms with Crippen molar-refractivity contribution >= 4 is 5.91 Å². The van der Waals surface area contributed by atoms with Crippen molar-refractivity contribution in [2.24, 2.45) is 5.92 Å². The van der Waals surface area contributed by atoms with Crippen LogP contribution in [0.4, 0.5) is 4.39 Å². The summed E-state index contributed by atoms with van der Waals surface area (Å²) < 4.78 is 14.7. The number of amides is 1. The highest BCUT2D eigenvalue weighted by Crippen LogP contribution is 2.49. The van der Waals surface area contributed by atoms with Gasteiger partial charge in [0.25, 0.3) is 0 Å². The predicted octanol–water partition coefficient (Wildman–Crippen LogP) is 1.86. The molecule has 7 heteroatoms. The number of carbonyl (C=O) groups excluding carboxylic acids is 1. The third kappa shape index (κ3) is 2.87. The zero-order valence-corrected chi connectivity index (χ0v) is 15.8. The fraction of sp³-hybridized carbons (Fsp3) is 0.381. The number of carbonyl (C=O) groups is 1. The number of likely N-dealkylation sites (tertiary alicyclic amines) is 1. The number of β-amino-alcohol motifs (C(OH)–C–C–N with tert-alkyl or cyclic N) is 1. The number of halogens is 1. The maximum absolute atomic E-state index is 14.7. The Bertz CT molecular complexity index is 920. The zero-order chi connectivity index (χ0) is 20.0. The van der Waals surface area contributed by atoms with Crippen LogP contribution in [-0.4, -0.2) is 40.2 Å². The van der Waals surface area contributed by atoms with Crippen LogP contribution in [0.1, 0.15) is 34.3 Å². The van der Waals surface area contributed by atoms with E-state index in [0.717, 1.165) is 11.1 Å². The number of rotatable bonds is 4. The molecule has 28 heavy (non-hydrogen) atoms. The Kier molecular flexibility index (Phi) is 4.82. The molecule has 0 spiro atoms. The number of aryl methyl sites for hydroxylation is 2. The molecule has 2 aliphatic heterocycles. The highest BCUT2D eigenvalue weighted by Gasteiger charge is 2.56. The van der Waals surface area contributed by atoms with Gasteiger partial charge in [-0.3, -0.25) is 4.79 Å². The van der Waals surface area contributed by atoms with Gasteiger partial charge in [0.1, 0.15) is 17.6 Å². The van der Waals surface area contributed by atoms with Crippen molar-refractivity contribution < 1.29 is 19.4 Å². The minimum Gasteiger partial charge on any atom is -0.507 e. The first-order valence-corrected chi connectivity index (χ1v) is 9.41. The first-order valence-electron chi connectivity index (χ1n) is 9.41. The molecule has 1 amide bonds. The van der Waals surface area contributed by atoms with Crippen LogP contribution in [0.25, 0.3) is 0 Å². The number of hydrazine groups is 1. The third-order valence-corrected chi connectivity index (χ3v) is 5.79. The molecule has 0 aromatic heterocycles. The largest absolute Gasteiger partial charge is 0.507 e. The van der Waals surface area contributed by atoms with Crippen LogP contribution in [0.3, 0.4) is 0 Å². The number of hydrogen-bond acceptors (Lipinski definition) is 5. The highest BCUT2D eigenvalue weighted by molar-refractivity contribution is 5.86. The fourth-order valence-corrected chi connectivity index (χ4v) is 4.64. The van der Waals surface area contributed by atoms with E-state index >= 15 is 0 Å². The van der Waals surface area contributed by atoms with E-state index in [1.807, 2.05) is 26.0 Å². The topological polar surface area (TPSA) is 84.8 Å². The fourth-order valence-electron chi connectivity index (χ4n) is 4.64. The van der Waals surface area contributed by atoms with Gasteiger partial charge >= 0.3 is 0 Å². The van der Waals surface area contributed by atoms with Crippen molar-refractivity contribution in [1.82, 2.24) is 15.8 Å². The summed E-state index contributed by atoms with van der Waals surface area (Å²) in [6.07, 6.45) is 0. The highest BCUT2D eigenvalue weighted by atomic mass is 19.1. The summed E-state index contributed by atoms with van der Waals surface area (Å²) in [7, 11) is 0. The zero-order valence-electron chi connectivity index (χ0n) is 15.8. The van der Waals surface area contributed by atoms with E-state index < -0.39 is 12.1 Å². The molecule has 2 saturated heterocycles. The van der Waals surface area contributed by atoms with Crippen LogP contribution >= 0.6 is 0 Å². The van der Waals surface area contributed by atoms with Gasteiger partial charge in [-0.2, -0.15) is 0 Å². The Morgan fingerprint density at radius 3 is 2.54 bits per heavy atom. The lowest BCUT2D eigenvalue weighted by Crippen LogP contribution is -2.42. The summed E-state index contributed by atoms with van der Waals surface area (Å²) in [5, 5.41) is 20.1. The summed E-state index contributed by atoms with van der Waals surface area (Å²) >= 11 is 0. The number of fused-ring (bicyclic) bond motifs is 1. The van der Waals surface area contributed by atoms with Crippen LogP contribution in [0.2, 0.25) is 0 Å². The summed E-state index contributed by atoms with van der Waals surface area (Å²) in [6, 6.07) is 8.68. The summed E-state index contributed by atoms with van der Waals surface area (Å²) in [6.45, 7) is 3.70. The Balaban J connectivity index is 1.84. The average Bonchev–Trinajstić information content (AvgIpc) is 3.19. The number of phenolic OH excluding ortho intramolecular Hbond substituents is 1.